The Hall–Kier alpha value is -3.57. The zero-order chi connectivity index (χ0) is 25.8. The lowest BCUT2D eigenvalue weighted by molar-refractivity contribution is 0.212. The van der Waals surface area contributed by atoms with Crippen molar-refractivity contribution in [2.75, 3.05) is 26.2 Å². The number of fused-ring (bicyclic) bond motifs is 5. The molecule has 0 radical (unpaired) electrons. The van der Waals surface area contributed by atoms with Gasteiger partial charge in [-0.1, -0.05) is 63.1 Å². The number of phenols is 1. The number of hydrogen-bond donors (Lipinski definition) is 1. The molecule has 1 heterocycles. The van der Waals surface area contributed by atoms with Gasteiger partial charge in [0, 0.05) is 12.1 Å². The predicted octanol–water partition coefficient (Wildman–Crippen LogP) is 7.72. The molecule has 4 aromatic rings. The summed E-state index contributed by atoms with van der Waals surface area (Å²) in [5.74, 6) is 1.23. The van der Waals surface area contributed by atoms with Crippen molar-refractivity contribution in [2.24, 2.45) is 0 Å². The van der Waals surface area contributed by atoms with Gasteiger partial charge in [-0.15, -0.1) is 0 Å². The second kappa shape index (κ2) is 11.2. The number of aromatic hydroxyl groups is 1. The van der Waals surface area contributed by atoms with Crippen LogP contribution < -0.4 is 9.47 Å². The Bertz CT molecular complexity index is 1370. The summed E-state index contributed by atoms with van der Waals surface area (Å²) >= 11 is 0. The van der Waals surface area contributed by atoms with Crippen LogP contribution in [0.15, 0.2) is 72.8 Å². The first-order valence-electron chi connectivity index (χ1n) is 13.2. The molecule has 0 saturated carbocycles. The molecule has 0 aromatic heterocycles. The third-order valence-electron chi connectivity index (χ3n) is 7.18. The normalized spacial score (nSPS) is 14.3. The third kappa shape index (κ3) is 5.28. The van der Waals surface area contributed by atoms with Crippen molar-refractivity contribution in [1.29, 1.82) is 0 Å². The average molecular weight is 500 g/mol. The van der Waals surface area contributed by atoms with Crippen molar-refractivity contribution < 1.29 is 19.0 Å². The predicted molar refractivity (Wildman–Crippen MR) is 147 cm³/mol. The lowest BCUT2D eigenvalue weighted by Crippen LogP contribution is -2.29. The standard InChI is InChI=1S/C32H34FNO3/c1-3-5-6-18-34(4-2)19-20-36-25-14-10-22(11-15-25)32-30-26-17-13-24(35)21-23(26)12-16-27(30)31-28(33)8-7-9-29(31)37-32/h7-17,21,32,35H,3-6,18-20H2,1-2H3. The monoisotopic (exact) mass is 499 g/mol. The van der Waals surface area contributed by atoms with Crippen LogP contribution in [0.5, 0.6) is 17.2 Å². The van der Waals surface area contributed by atoms with Crippen LogP contribution in [0.4, 0.5) is 4.39 Å². The first-order chi connectivity index (χ1) is 18.1. The van der Waals surface area contributed by atoms with E-state index in [1.165, 1.54) is 25.3 Å². The molecule has 192 valence electrons. The van der Waals surface area contributed by atoms with Crippen LogP contribution in [0, 0.1) is 5.82 Å². The molecule has 4 aromatic carbocycles. The van der Waals surface area contributed by atoms with Gasteiger partial charge in [-0.25, -0.2) is 4.39 Å². The molecule has 1 aliphatic heterocycles. The number of likely N-dealkylation sites (N-methyl/N-ethyl adjacent to an activating group) is 1. The van der Waals surface area contributed by atoms with E-state index in [1.807, 2.05) is 48.5 Å². The number of ether oxygens (including phenoxy) is 2. The fourth-order valence-corrected chi connectivity index (χ4v) is 5.17. The molecule has 5 rings (SSSR count). The largest absolute Gasteiger partial charge is 0.508 e. The molecule has 0 aliphatic carbocycles. The highest BCUT2D eigenvalue weighted by Gasteiger charge is 2.31. The van der Waals surface area contributed by atoms with Gasteiger partial charge in [0.2, 0.25) is 0 Å². The van der Waals surface area contributed by atoms with Crippen LogP contribution in [0.3, 0.4) is 0 Å². The summed E-state index contributed by atoms with van der Waals surface area (Å²) < 4.78 is 27.4. The van der Waals surface area contributed by atoms with E-state index in [1.54, 1.807) is 18.2 Å². The number of nitrogens with zero attached hydrogens (tertiary/aromatic N) is 1. The van der Waals surface area contributed by atoms with E-state index in [9.17, 15) is 9.50 Å². The fraction of sp³-hybridized carbons (Fsp3) is 0.312. The zero-order valence-corrected chi connectivity index (χ0v) is 21.5. The maximum absolute atomic E-state index is 14.9. The van der Waals surface area contributed by atoms with Gasteiger partial charge in [0.05, 0.1) is 5.56 Å². The minimum Gasteiger partial charge on any atom is -0.508 e. The molecular weight excluding hydrogens is 465 g/mol. The van der Waals surface area contributed by atoms with Crippen molar-refractivity contribution in [3.05, 3.63) is 89.7 Å². The first-order valence-corrected chi connectivity index (χ1v) is 13.2. The minimum atomic E-state index is -0.416. The van der Waals surface area contributed by atoms with E-state index in [0.717, 1.165) is 52.8 Å². The van der Waals surface area contributed by atoms with E-state index in [-0.39, 0.29) is 11.6 Å². The van der Waals surface area contributed by atoms with Gasteiger partial charge in [0.1, 0.15) is 29.7 Å². The molecule has 0 amide bonds. The van der Waals surface area contributed by atoms with Gasteiger partial charge < -0.3 is 19.5 Å². The van der Waals surface area contributed by atoms with Crippen molar-refractivity contribution >= 4 is 10.8 Å². The molecule has 1 atom stereocenters. The SMILES string of the molecule is CCCCCN(CC)CCOc1ccc(C2Oc3cccc(F)c3-c3ccc4cc(O)ccc4c32)cc1. The smallest absolute Gasteiger partial charge is 0.150 e. The summed E-state index contributed by atoms with van der Waals surface area (Å²) in [6.45, 7) is 8.10. The van der Waals surface area contributed by atoms with E-state index >= 15 is 0 Å². The second-order valence-electron chi connectivity index (χ2n) is 9.60. The Morgan fingerprint density at radius 2 is 1.78 bits per heavy atom. The van der Waals surface area contributed by atoms with Crippen LogP contribution in [0.2, 0.25) is 0 Å². The summed E-state index contributed by atoms with van der Waals surface area (Å²) in [7, 11) is 0. The number of benzene rings is 4. The molecule has 0 saturated heterocycles. The lowest BCUT2D eigenvalue weighted by atomic mass is 9.85. The summed E-state index contributed by atoms with van der Waals surface area (Å²) in [5, 5.41) is 11.8. The Balaban J connectivity index is 1.40. The van der Waals surface area contributed by atoms with E-state index in [0.29, 0.717) is 17.9 Å². The number of unbranched alkanes of at least 4 members (excludes halogenated alkanes) is 2. The van der Waals surface area contributed by atoms with Crippen LogP contribution in [0.1, 0.15) is 50.3 Å². The lowest BCUT2D eigenvalue weighted by Gasteiger charge is -2.30. The maximum atomic E-state index is 14.9. The summed E-state index contributed by atoms with van der Waals surface area (Å²) in [4.78, 5) is 2.43. The van der Waals surface area contributed by atoms with Crippen LogP contribution in [-0.4, -0.2) is 36.2 Å². The Kier molecular flexibility index (Phi) is 7.61. The molecule has 0 spiro atoms. The molecule has 1 N–H and O–H groups in total. The minimum absolute atomic E-state index is 0.195. The molecular formula is C32H34FNO3. The van der Waals surface area contributed by atoms with Crippen LogP contribution in [-0.2, 0) is 0 Å². The summed E-state index contributed by atoms with van der Waals surface area (Å²) in [6, 6.07) is 22.0. The van der Waals surface area contributed by atoms with Crippen molar-refractivity contribution in [3.8, 4) is 28.4 Å². The number of phenolic OH excluding ortho intramolecular Hbond substituents is 1. The summed E-state index contributed by atoms with van der Waals surface area (Å²) in [6.07, 6.45) is 3.30. The van der Waals surface area contributed by atoms with Gasteiger partial charge in [0.25, 0.3) is 0 Å². The number of hydrogen-bond acceptors (Lipinski definition) is 4. The van der Waals surface area contributed by atoms with E-state index < -0.39 is 6.10 Å². The zero-order valence-electron chi connectivity index (χ0n) is 21.5. The highest BCUT2D eigenvalue weighted by molar-refractivity contribution is 5.95. The molecule has 0 fully saturated rings. The number of halogens is 1. The van der Waals surface area contributed by atoms with Gasteiger partial charge in [-0.2, -0.15) is 0 Å². The molecule has 1 unspecified atom stereocenters. The van der Waals surface area contributed by atoms with Gasteiger partial charge in [-0.05, 0) is 77.8 Å². The Labute approximate surface area is 218 Å². The van der Waals surface area contributed by atoms with E-state index in [2.05, 4.69) is 18.7 Å². The Morgan fingerprint density at radius 3 is 2.57 bits per heavy atom. The maximum Gasteiger partial charge on any atom is 0.150 e. The van der Waals surface area contributed by atoms with Crippen molar-refractivity contribution in [3.63, 3.8) is 0 Å². The molecule has 0 bridgehead atoms. The second-order valence-corrected chi connectivity index (χ2v) is 9.60. The highest BCUT2D eigenvalue weighted by Crippen LogP contribution is 2.48. The quantitative estimate of drug-likeness (QED) is 0.227. The first kappa shape index (κ1) is 25.1. The molecule has 37 heavy (non-hydrogen) atoms. The molecule has 5 heteroatoms. The van der Waals surface area contributed by atoms with Gasteiger partial charge in [0.15, 0.2) is 6.10 Å². The summed E-state index contributed by atoms with van der Waals surface area (Å²) in [5.41, 5.74) is 3.14. The van der Waals surface area contributed by atoms with E-state index in [4.69, 9.17) is 9.47 Å². The van der Waals surface area contributed by atoms with Crippen molar-refractivity contribution in [2.45, 2.75) is 39.2 Å². The third-order valence-corrected chi connectivity index (χ3v) is 7.18. The molecule has 4 nitrogen and oxygen atoms in total. The Morgan fingerprint density at radius 1 is 0.946 bits per heavy atom. The fourth-order valence-electron chi connectivity index (χ4n) is 5.17. The topological polar surface area (TPSA) is 41.9 Å². The van der Waals surface area contributed by atoms with Gasteiger partial charge >= 0.3 is 0 Å². The van der Waals surface area contributed by atoms with Crippen LogP contribution >= 0.6 is 0 Å². The highest BCUT2D eigenvalue weighted by atomic mass is 19.1. The van der Waals surface area contributed by atoms with Gasteiger partial charge in [-0.3, -0.25) is 0 Å². The van der Waals surface area contributed by atoms with Crippen LogP contribution in [0.25, 0.3) is 21.9 Å². The average Bonchev–Trinajstić information content (AvgIpc) is 2.91. The number of rotatable bonds is 10. The molecule has 1 aliphatic rings. The van der Waals surface area contributed by atoms with Crippen molar-refractivity contribution in [1.82, 2.24) is 4.90 Å².